The molecule has 0 aliphatic carbocycles. The summed E-state index contributed by atoms with van der Waals surface area (Å²) >= 11 is 0. The Labute approximate surface area is 93.4 Å². The summed E-state index contributed by atoms with van der Waals surface area (Å²) in [5.74, 6) is 0. The van der Waals surface area contributed by atoms with Gasteiger partial charge in [0, 0.05) is 39.3 Å². The zero-order chi connectivity index (χ0) is 11.1. The summed E-state index contributed by atoms with van der Waals surface area (Å²) in [5, 5.41) is 0. The van der Waals surface area contributed by atoms with Gasteiger partial charge in [-0.05, 0) is 26.4 Å². The fourth-order valence-electron chi connectivity index (χ4n) is 1.97. The van der Waals surface area contributed by atoms with Crippen molar-refractivity contribution in [1.82, 2.24) is 9.80 Å². The van der Waals surface area contributed by atoms with Crippen LogP contribution in [0.15, 0.2) is 0 Å². The van der Waals surface area contributed by atoms with Crippen molar-refractivity contribution in [3.8, 4) is 0 Å². The highest BCUT2D eigenvalue weighted by Gasteiger charge is 2.16. The minimum absolute atomic E-state index is 0.392. The SMILES string of the molecule is COCCN(C)CCN1CCCC(N)C1. The van der Waals surface area contributed by atoms with E-state index in [0.717, 1.165) is 32.8 Å². The predicted molar refractivity (Wildman–Crippen MR) is 63.0 cm³/mol. The van der Waals surface area contributed by atoms with E-state index in [1.807, 2.05) is 0 Å². The molecule has 0 aromatic carbocycles. The van der Waals surface area contributed by atoms with E-state index in [0.29, 0.717) is 6.04 Å². The van der Waals surface area contributed by atoms with Gasteiger partial charge in [-0.25, -0.2) is 0 Å². The second-order valence-electron chi connectivity index (χ2n) is 4.50. The van der Waals surface area contributed by atoms with Gasteiger partial charge in [0.1, 0.15) is 0 Å². The number of nitrogens with two attached hydrogens (primary N) is 1. The Morgan fingerprint density at radius 3 is 2.93 bits per heavy atom. The van der Waals surface area contributed by atoms with E-state index in [1.54, 1.807) is 7.11 Å². The fraction of sp³-hybridized carbons (Fsp3) is 1.00. The van der Waals surface area contributed by atoms with Gasteiger partial charge < -0.3 is 20.3 Å². The summed E-state index contributed by atoms with van der Waals surface area (Å²) in [7, 11) is 3.89. The number of rotatable bonds is 6. The molecule has 0 aromatic rings. The molecule has 1 atom stereocenters. The maximum Gasteiger partial charge on any atom is 0.0589 e. The molecule has 0 aromatic heterocycles. The molecule has 90 valence electrons. The molecule has 0 radical (unpaired) electrons. The first-order valence-electron chi connectivity index (χ1n) is 5.88. The number of hydrogen-bond donors (Lipinski definition) is 1. The average Bonchev–Trinajstić information content (AvgIpc) is 2.23. The van der Waals surface area contributed by atoms with E-state index in [9.17, 15) is 0 Å². The topological polar surface area (TPSA) is 41.7 Å². The number of ether oxygens (including phenoxy) is 1. The Morgan fingerprint density at radius 1 is 1.47 bits per heavy atom. The molecule has 1 fully saturated rings. The molecule has 0 bridgehead atoms. The average molecular weight is 215 g/mol. The first-order valence-corrected chi connectivity index (χ1v) is 5.88. The van der Waals surface area contributed by atoms with Gasteiger partial charge in [0.2, 0.25) is 0 Å². The van der Waals surface area contributed by atoms with Crippen LogP contribution in [0.3, 0.4) is 0 Å². The van der Waals surface area contributed by atoms with E-state index >= 15 is 0 Å². The summed E-state index contributed by atoms with van der Waals surface area (Å²) in [6, 6.07) is 0.392. The molecule has 0 saturated carbocycles. The molecule has 2 N–H and O–H groups in total. The van der Waals surface area contributed by atoms with Crippen molar-refractivity contribution in [1.29, 1.82) is 0 Å². The van der Waals surface area contributed by atoms with E-state index in [1.165, 1.54) is 19.4 Å². The minimum Gasteiger partial charge on any atom is -0.383 e. The normalized spacial score (nSPS) is 23.6. The minimum atomic E-state index is 0.392. The lowest BCUT2D eigenvalue weighted by Gasteiger charge is -2.31. The lowest BCUT2D eigenvalue weighted by molar-refractivity contribution is 0.142. The van der Waals surface area contributed by atoms with Crippen LogP contribution in [-0.4, -0.2) is 69.3 Å². The van der Waals surface area contributed by atoms with Gasteiger partial charge in [0.25, 0.3) is 0 Å². The molecule has 15 heavy (non-hydrogen) atoms. The van der Waals surface area contributed by atoms with Crippen molar-refractivity contribution in [2.24, 2.45) is 5.73 Å². The first kappa shape index (κ1) is 12.9. The second kappa shape index (κ2) is 7.17. The van der Waals surface area contributed by atoms with Gasteiger partial charge in [-0.2, -0.15) is 0 Å². The standard InChI is InChI=1S/C11H25N3O/c1-13(8-9-15-2)6-7-14-5-3-4-11(12)10-14/h11H,3-10,12H2,1-2H3. The van der Waals surface area contributed by atoms with Crippen LogP contribution in [0.25, 0.3) is 0 Å². The van der Waals surface area contributed by atoms with Crippen LogP contribution >= 0.6 is 0 Å². The molecule has 1 saturated heterocycles. The summed E-state index contributed by atoms with van der Waals surface area (Å²) in [4.78, 5) is 4.78. The van der Waals surface area contributed by atoms with Gasteiger partial charge in [-0.1, -0.05) is 0 Å². The number of methoxy groups -OCH3 is 1. The summed E-state index contributed by atoms with van der Waals surface area (Å²) in [6.07, 6.45) is 2.44. The van der Waals surface area contributed by atoms with Crippen molar-refractivity contribution in [2.75, 3.05) is 53.5 Å². The molecule has 1 aliphatic heterocycles. The van der Waals surface area contributed by atoms with E-state index < -0.39 is 0 Å². The number of piperidine rings is 1. The highest BCUT2D eigenvalue weighted by Crippen LogP contribution is 2.07. The van der Waals surface area contributed by atoms with Crippen LogP contribution in [0.5, 0.6) is 0 Å². The molecule has 1 unspecified atom stereocenters. The molecule has 0 amide bonds. The molecule has 4 nitrogen and oxygen atoms in total. The van der Waals surface area contributed by atoms with E-state index in [-0.39, 0.29) is 0 Å². The highest BCUT2D eigenvalue weighted by molar-refractivity contribution is 4.75. The van der Waals surface area contributed by atoms with Crippen molar-refractivity contribution in [3.05, 3.63) is 0 Å². The van der Waals surface area contributed by atoms with Crippen LogP contribution in [0.1, 0.15) is 12.8 Å². The van der Waals surface area contributed by atoms with Gasteiger partial charge in [0.05, 0.1) is 6.61 Å². The molecule has 0 spiro atoms. The number of nitrogens with zero attached hydrogens (tertiary/aromatic N) is 2. The Balaban J connectivity index is 2.07. The lowest BCUT2D eigenvalue weighted by atomic mass is 10.1. The van der Waals surface area contributed by atoms with Gasteiger partial charge in [-0.3, -0.25) is 0 Å². The Kier molecular flexibility index (Phi) is 6.17. The lowest BCUT2D eigenvalue weighted by Crippen LogP contribution is -2.45. The maximum absolute atomic E-state index is 5.94. The molecule has 1 rings (SSSR count). The predicted octanol–water partition coefficient (Wildman–Crippen LogP) is -0.0123. The van der Waals surface area contributed by atoms with Crippen molar-refractivity contribution >= 4 is 0 Å². The van der Waals surface area contributed by atoms with E-state index in [4.69, 9.17) is 10.5 Å². The zero-order valence-corrected chi connectivity index (χ0v) is 10.1. The molecule has 1 aliphatic rings. The number of likely N-dealkylation sites (tertiary alicyclic amines) is 1. The van der Waals surface area contributed by atoms with Crippen LogP contribution in [0.4, 0.5) is 0 Å². The van der Waals surface area contributed by atoms with Gasteiger partial charge in [0.15, 0.2) is 0 Å². The van der Waals surface area contributed by atoms with Gasteiger partial charge >= 0.3 is 0 Å². The van der Waals surface area contributed by atoms with Gasteiger partial charge in [-0.15, -0.1) is 0 Å². The highest BCUT2D eigenvalue weighted by atomic mass is 16.5. The summed E-state index contributed by atoms with van der Waals surface area (Å²) in [5.41, 5.74) is 5.94. The molecule has 1 heterocycles. The molecular weight excluding hydrogens is 190 g/mol. The maximum atomic E-state index is 5.94. The largest absolute Gasteiger partial charge is 0.383 e. The quantitative estimate of drug-likeness (QED) is 0.676. The third-order valence-corrected chi connectivity index (χ3v) is 3.02. The zero-order valence-electron chi connectivity index (χ0n) is 10.1. The number of hydrogen-bond acceptors (Lipinski definition) is 4. The Hall–Kier alpha value is -0.160. The fourth-order valence-corrected chi connectivity index (χ4v) is 1.97. The first-order chi connectivity index (χ1) is 7.22. The number of likely N-dealkylation sites (N-methyl/N-ethyl adjacent to an activating group) is 1. The molecule has 4 heteroatoms. The van der Waals surface area contributed by atoms with Crippen molar-refractivity contribution < 1.29 is 4.74 Å². The van der Waals surface area contributed by atoms with Crippen LogP contribution < -0.4 is 5.73 Å². The monoisotopic (exact) mass is 215 g/mol. The Bertz CT molecular complexity index is 166. The smallest absolute Gasteiger partial charge is 0.0589 e. The molecular formula is C11H25N3O. The third kappa shape index (κ3) is 5.47. The summed E-state index contributed by atoms with van der Waals surface area (Å²) in [6.45, 7) is 6.35. The van der Waals surface area contributed by atoms with Crippen LogP contribution in [0, 0.1) is 0 Å². The Morgan fingerprint density at radius 2 is 2.27 bits per heavy atom. The van der Waals surface area contributed by atoms with Crippen molar-refractivity contribution in [2.45, 2.75) is 18.9 Å². The summed E-state index contributed by atoms with van der Waals surface area (Å²) < 4.78 is 5.05. The van der Waals surface area contributed by atoms with Crippen LogP contribution in [0.2, 0.25) is 0 Å². The van der Waals surface area contributed by atoms with E-state index in [2.05, 4.69) is 16.8 Å². The van der Waals surface area contributed by atoms with Crippen molar-refractivity contribution in [3.63, 3.8) is 0 Å². The van der Waals surface area contributed by atoms with Crippen LogP contribution in [-0.2, 0) is 4.74 Å². The third-order valence-electron chi connectivity index (χ3n) is 3.02. The second-order valence-corrected chi connectivity index (χ2v) is 4.50.